The van der Waals surface area contributed by atoms with Crippen LogP contribution in [0.15, 0.2) is 18.2 Å². The molecule has 0 N–H and O–H groups in total. The largest absolute Gasteiger partial charge is 0.299 e. The van der Waals surface area contributed by atoms with Crippen molar-refractivity contribution < 1.29 is 19.2 Å². The van der Waals surface area contributed by atoms with Gasteiger partial charge in [-0.25, -0.2) is 4.90 Å². The predicted molar refractivity (Wildman–Crippen MR) is 82.2 cm³/mol. The van der Waals surface area contributed by atoms with Gasteiger partial charge in [-0.3, -0.25) is 19.2 Å². The van der Waals surface area contributed by atoms with E-state index in [1.54, 1.807) is 0 Å². The molecule has 1 aliphatic heterocycles. The van der Waals surface area contributed by atoms with Gasteiger partial charge in [-0.1, -0.05) is 23.2 Å². The molecule has 118 valence electrons. The molecule has 3 saturated carbocycles. The molecule has 23 heavy (non-hydrogen) atoms. The highest BCUT2D eigenvalue weighted by Gasteiger charge is 2.63. The zero-order chi connectivity index (χ0) is 16.5. The Morgan fingerprint density at radius 3 is 1.65 bits per heavy atom. The Morgan fingerprint density at radius 1 is 0.783 bits per heavy atom. The molecule has 0 spiro atoms. The van der Waals surface area contributed by atoms with Gasteiger partial charge in [-0.05, 0) is 18.2 Å². The third-order valence-corrected chi connectivity index (χ3v) is 5.48. The number of benzene rings is 1. The Hall–Kier alpha value is -1.72. The van der Waals surface area contributed by atoms with Crippen molar-refractivity contribution >= 4 is 52.3 Å². The molecule has 2 amide bonds. The normalized spacial score (nSPS) is 32.7. The van der Waals surface area contributed by atoms with E-state index in [2.05, 4.69) is 0 Å². The summed E-state index contributed by atoms with van der Waals surface area (Å²) >= 11 is 11.9. The van der Waals surface area contributed by atoms with Crippen LogP contribution < -0.4 is 4.90 Å². The van der Waals surface area contributed by atoms with Crippen LogP contribution in [0, 0.1) is 23.7 Å². The summed E-state index contributed by atoms with van der Waals surface area (Å²) in [5.74, 6) is -3.87. The number of anilines is 1. The highest BCUT2D eigenvalue weighted by molar-refractivity contribution is 6.36. The summed E-state index contributed by atoms with van der Waals surface area (Å²) in [4.78, 5) is 50.7. The van der Waals surface area contributed by atoms with Crippen molar-refractivity contribution in [3.8, 4) is 0 Å². The van der Waals surface area contributed by atoms with Gasteiger partial charge in [0.15, 0.2) is 0 Å². The average Bonchev–Trinajstić information content (AvgIpc) is 2.72. The van der Waals surface area contributed by atoms with Crippen molar-refractivity contribution in [3.63, 3.8) is 0 Å². The second-order valence-electron chi connectivity index (χ2n) is 6.24. The number of nitrogens with zero attached hydrogens (tertiary/aromatic N) is 1. The first kappa shape index (κ1) is 14.8. The van der Waals surface area contributed by atoms with Gasteiger partial charge in [0.1, 0.15) is 11.6 Å². The fourth-order valence-electron chi connectivity index (χ4n) is 4.10. The molecule has 5 nitrogen and oxygen atoms in total. The lowest BCUT2D eigenvalue weighted by Gasteiger charge is -2.40. The quantitative estimate of drug-likeness (QED) is 0.727. The van der Waals surface area contributed by atoms with Crippen LogP contribution in [0.4, 0.5) is 5.69 Å². The van der Waals surface area contributed by atoms with Gasteiger partial charge in [0.25, 0.3) is 0 Å². The Bertz CT molecular complexity index is 730. The van der Waals surface area contributed by atoms with Crippen LogP contribution in [0.25, 0.3) is 0 Å². The number of halogens is 2. The summed E-state index contributed by atoms with van der Waals surface area (Å²) in [5.41, 5.74) is 0.284. The number of hydrogen-bond acceptors (Lipinski definition) is 4. The van der Waals surface area contributed by atoms with E-state index < -0.39 is 35.5 Å². The van der Waals surface area contributed by atoms with Gasteiger partial charge in [-0.15, -0.1) is 0 Å². The lowest BCUT2D eigenvalue weighted by Crippen LogP contribution is -2.51. The Morgan fingerprint density at radius 2 is 1.22 bits per heavy atom. The van der Waals surface area contributed by atoms with Gasteiger partial charge < -0.3 is 0 Å². The van der Waals surface area contributed by atoms with E-state index in [1.807, 2.05) is 0 Å². The van der Waals surface area contributed by atoms with Crippen LogP contribution in [-0.4, -0.2) is 23.4 Å². The number of carbonyl (C=O) groups excluding carboxylic acids is 4. The molecule has 0 aromatic heterocycles. The lowest BCUT2D eigenvalue weighted by atomic mass is 9.58. The number of hydrogen-bond donors (Lipinski definition) is 0. The summed E-state index contributed by atoms with van der Waals surface area (Å²) in [6.45, 7) is 0. The molecule has 7 heteroatoms. The van der Waals surface area contributed by atoms with Gasteiger partial charge in [0.05, 0.1) is 17.5 Å². The fourth-order valence-corrected chi connectivity index (χ4v) is 4.61. The third kappa shape index (κ3) is 2.00. The molecule has 1 saturated heterocycles. The molecular weight excluding hydrogens is 341 g/mol. The monoisotopic (exact) mass is 351 g/mol. The van der Waals surface area contributed by atoms with Crippen molar-refractivity contribution in [2.45, 2.75) is 12.8 Å². The molecular formula is C16H11Cl2NO4. The number of rotatable bonds is 1. The maximum atomic E-state index is 12.8. The summed E-state index contributed by atoms with van der Waals surface area (Å²) in [7, 11) is 0. The number of ketones is 2. The minimum absolute atomic E-state index is 0.0633. The molecule has 3 aliphatic carbocycles. The zero-order valence-electron chi connectivity index (χ0n) is 11.8. The smallest absolute Gasteiger partial charge is 0.238 e. The first-order valence-corrected chi connectivity index (χ1v) is 8.03. The maximum Gasteiger partial charge on any atom is 0.238 e. The van der Waals surface area contributed by atoms with Crippen molar-refractivity contribution in [2.24, 2.45) is 23.7 Å². The van der Waals surface area contributed by atoms with Crippen LogP contribution in [0.2, 0.25) is 10.0 Å². The van der Waals surface area contributed by atoms with Crippen molar-refractivity contribution in [3.05, 3.63) is 28.2 Å². The summed E-state index contributed by atoms with van der Waals surface area (Å²) in [6.07, 6.45) is 0.127. The van der Waals surface area contributed by atoms with Gasteiger partial charge in [-0.2, -0.15) is 0 Å². The highest BCUT2D eigenvalue weighted by Crippen LogP contribution is 2.51. The fraction of sp³-hybridized carbons (Fsp3) is 0.375. The highest BCUT2D eigenvalue weighted by atomic mass is 35.5. The van der Waals surface area contributed by atoms with E-state index in [1.165, 1.54) is 18.2 Å². The van der Waals surface area contributed by atoms with E-state index in [0.29, 0.717) is 10.0 Å². The number of fused-ring (bicyclic) bond motifs is 2. The molecule has 0 radical (unpaired) electrons. The topological polar surface area (TPSA) is 71.5 Å². The van der Waals surface area contributed by atoms with E-state index in [9.17, 15) is 19.2 Å². The van der Waals surface area contributed by atoms with Crippen LogP contribution in [0.1, 0.15) is 12.8 Å². The number of imide groups is 1. The van der Waals surface area contributed by atoms with Crippen LogP contribution >= 0.6 is 23.2 Å². The first-order chi connectivity index (χ1) is 10.9. The predicted octanol–water partition coefficient (Wildman–Crippen LogP) is 2.28. The molecule has 0 unspecified atom stereocenters. The lowest BCUT2D eigenvalue weighted by molar-refractivity contribution is -0.153. The van der Waals surface area contributed by atoms with E-state index in [4.69, 9.17) is 23.2 Å². The van der Waals surface area contributed by atoms with E-state index in [0.717, 1.165) is 4.90 Å². The van der Waals surface area contributed by atoms with Crippen molar-refractivity contribution in [1.29, 1.82) is 0 Å². The number of Topliss-reactive ketones (excluding diaryl/α,β-unsaturated/α-hetero) is 2. The molecule has 1 aromatic rings. The third-order valence-electron chi connectivity index (χ3n) is 5.04. The van der Waals surface area contributed by atoms with Crippen LogP contribution in [0.5, 0.6) is 0 Å². The molecule has 1 heterocycles. The van der Waals surface area contributed by atoms with E-state index >= 15 is 0 Å². The van der Waals surface area contributed by atoms with Crippen molar-refractivity contribution in [1.82, 2.24) is 0 Å². The molecule has 4 aliphatic rings. The Labute approximate surface area is 141 Å². The van der Waals surface area contributed by atoms with Gasteiger partial charge in [0.2, 0.25) is 11.8 Å². The van der Waals surface area contributed by atoms with E-state index in [-0.39, 0.29) is 30.1 Å². The standard InChI is InChI=1S/C16H11Cl2NO4/c17-6-1-7(18)3-8(2-6)19-15(22)13-9-4-11(20)10(5-12(9)21)14(13)16(19)23/h1-3,9-10,13-14H,4-5H2/t9-,10-,13-,14-/m0/s1. The number of amides is 2. The molecule has 4 fully saturated rings. The van der Waals surface area contributed by atoms with Gasteiger partial charge in [0, 0.05) is 34.7 Å². The summed E-state index contributed by atoms with van der Waals surface area (Å²) in [6, 6.07) is 4.46. The molecule has 4 atom stereocenters. The number of carbonyl (C=O) groups is 4. The summed E-state index contributed by atoms with van der Waals surface area (Å²) in [5, 5.41) is 0.608. The minimum atomic E-state index is -0.732. The Balaban J connectivity index is 1.80. The van der Waals surface area contributed by atoms with Crippen LogP contribution in [-0.2, 0) is 19.2 Å². The maximum absolute atomic E-state index is 12.8. The molecule has 1 aromatic carbocycles. The SMILES string of the molecule is O=C1C[C@H]2C(=O)C[C@@H]1[C@@H]1C(=O)N(c3cc(Cl)cc(Cl)c3)C(=O)[C@H]12. The molecule has 2 bridgehead atoms. The minimum Gasteiger partial charge on any atom is -0.299 e. The zero-order valence-corrected chi connectivity index (χ0v) is 13.3. The summed E-state index contributed by atoms with van der Waals surface area (Å²) < 4.78 is 0. The second-order valence-corrected chi connectivity index (χ2v) is 7.12. The average molecular weight is 352 g/mol. The molecule has 5 rings (SSSR count). The van der Waals surface area contributed by atoms with Crippen LogP contribution in [0.3, 0.4) is 0 Å². The van der Waals surface area contributed by atoms with Crippen molar-refractivity contribution in [2.75, 3.05) is 4.90 Å². The van der Waals surface area contributed by atoms with Gasteiger partial charge >= 0.3 is 0 Å². The second kappa shape index (κ2) is 4.89. The first-order valence-electron chi connectivity index (χ1n) is 7.28. The Kier molecular flexibility index (Phi) is 3.15.